The molecule has 5 heteroatoms. The largest absolute Gasteiger partial charge is 0.443 e. The lowest BCUT2D eigenvalue weighted by atomic mass is 9.97. The number of hydrogen-bond acceptors (Lipinski definition) is 3. The van der Waals surface area contributed by atoms with Gasteiger partial charge in [0.2, 0.25) is 6.73 Å². The number of rotatable bonds is 4. The van der Waals surface area contributed by atoms with E-state index in [9.17, 15) is 4.79 Å². The van der Waals surface area contributed by atoms with Crippen LogP contribution in [0.25, 0.3) is 11.0 Å². The van der Waals surface area contributed by atoms with Crippen LogP contribution in [0.15, 0.2) is 69.9 Å². The van der Waals surface area contributed by atoms with E-state index in [0.717, 1.165) is 28.6 Å². The molecule has 0 bridgehead atoms. The van der Waals surface area contributed by atoms with E-state index in [0.29, 0.717) is 41.6 Å². The van der Waals surface area contributed by atoms with Gasteiger partial charge in [0.05, 0.1) is 10.6 Å². The third-order valence-corrected chi connectivity index (χ3v) is 6.51. The Labute approximate surface area is 192 Å². The van der Waals surface area contributed by atoms with E-state index >= 15 is 0 Å². The van der Waals surface area contributed by atoms with Gasteiger partial charge in [-0.1, -0.05) is 71.8 Å². The van der Waals surface area contributed by atoms with Crippen LogP contribution in [0.4, 0.5) is 0 Å². The predicted molar refractivity (Wildman–Crippen MR) is 127 cm³/mol. The Morgan fingerprint density at radius 3 is 2.50 bits per heavy atom. The van der Waals surface area contributed by atoms with Crippen molar-refractivity contribution in [2.45, 2.75) is 33.4 Å². The molecule has 32 heavy (non-hydrogen) atoms. The van der Waals surface area contributed by atoms with Crippen LogP contribution >= 0.6 is 11.6 Å². The first-order valence-corrected chi connectivity index (χ1v) is 11.2. The molecule has 5 rings (SSSR count). The van der Waals surface area contributed by atoms with Crippen LogP contribution in [0.5, 0.6) is 5.75 Å². The van der Waals surface area contributed by atoms with E-state index in [1.54, 1.807) is 0 Å². The van der Waals surface area contributed by atoms with Crippen molar-refractivity contribution in [3.05, 3.63) is 109 Å². The summed E-state index contributed by atoms with van der Waals surface area (Å²) in [6.45, 7) is 6.08. The van der Waals surface area contributed by atoms with Gasteiger partial charge in [0.15, 0.2) is 11.3 Å². The second-order valence-corrected chi connectivity index (χ2v) is 8.98. The van der Waals surface area contributed by atoms with Gasteiger partial charge in [-0.3, -0.25) is 4.90 Å². The Balaban J connectivity index is 1.54. The van der Waals surface area contributed by atoms with Crippen LogP contribution in [0.1, 0.15) is 33.4 Å². The Hall–Kier alpha value is -3.08. The van der Waals surface area contributed by atoms with Crippen LogP contribution in [-0.2, 0) is 19.5 Å². The third-order valence-electron chi connectivity index (χ3n) is 6.22. The lowest BCUT2D eigenvalue weighted by molar-refractivity contribution is -0.945. The molecule has 4 aromatic rings. The number of nitrogens with one attached hydrogen (secondary N) is 1. The van der Waals surface area contributed by atoms with Crippen LogP contribution < -0.4 is 15.3 Å². The summed E-state index contributed by atoms with van der Waals surface area (Å²) in [6, 6.07) is 20.4. The molecular weight excluding hydrogens is 422 g/mol. The molecule has 0 aliphatic carbocycles. The van der Waals surface area contributed by atoms with Gasteiger partial charge in [0.25, 0.3) is 0 Å². The highest BCUT2D eigenvalue weighted by Crippen LogP contribution is 2.37. The maximum absolute atomic E-state index is 13.0. The van der Waals surface area contributed by atoms with Crippen molar-refractivity contribution >= 4 is 22.6 Å². The summed E-state index contributed by atoms with van der Waals surface area (Å²) in [6.07, 6.45) is 0.529. The molecule has 4 nitrogen and oxygen atoms in total. The van der Waals surface area contributed by atoms with Crippen molar-refractivity contribution in [1.29, 1.82) is 0 Å². The molecule has 1 aromatic heterocycles. The van der Waals surface area contributed by atoms with Gasteiger partial charge < -0.3 is 9.15 Å². The van der Waals surface area contributed by atoms with Gasteiger partial charge >= 0.3 is 5.63 Å². The molecule has 0 amide bonds. The van der Waals surface area contributed by atoms with Gasteiger partial charge in [-0.2, -0.15) is 0 Å². The van der Waals surface area contributed by atoms with Crippen LogP contribution in [-0.4, -0.2) is 6.73 Å². The first-order valence-electron chi connectivity index (χ1n) is 10.8. The Morgan fingerprint density at radius 1 is 1.00 bits per heavy atom. The minimum atomic E-state index is -0.297. The highest BCUT2D eigenvalue weighted by Gasteiger charge is 2.28. The molecule has 0 spiro atoms. The zero-order valence-electron chi connectivity index (χ0n) is 18.2. The average Bonchev–Trinajstić information content (AvgIpc) is 2.80. The van der Waals surface area contributed by atoms with E-state index in [1.807, 2.05) is 43.3 Å². The highest BCUT2D eigenvalue weighted by molar-refractivity contribution is 6.33. The Bertz CT molecular complexity index is 1340. The molecular formula is C27H25ClNO3+. The fourth-order valence-electron chi connectivity index (χ4n) is 4.44. The summed E-state index contributed by atoms with van der Waals surface area (Å²) in [7, 11) is 0. The minimum absolute atomic E-state index is 0.297. The van der Waals surface area contributed by atoms with Crippen molar-refractivity contribution in [3.63, 3.8) is 0 Å². The second kappa shape index (κ2) is 8.45. The van der Waals surface area contributed by atoms with E-state index in [1.165, 1.54) is 16.0 Å². The van der Waals surface area contributed by atoms with Crippen LogP contribution in [0, 0.1) is 13.8 Å². The zero-order valence-corrected chi connectivity index (χ0v) is 19.0. The van der Waals surface area contributed by atoms with E-state index in [2.05, 4.69) is 31.2 Å². The Morgan fingerprint density at radius 2 is 1.75 bits per heavy atom. The quantitative estimate of drug-likeness (QED) is 0.466. The normalized spacial score (nSPS) is 15.4. The number of aryl methyl sites for hydroxylation is 2. The third kappa shape index (κ3) is 3.92. The van der Waals surface area contributed by atoms with Gasteiger partial charge in [-0.15, -0.1) is 0 Å². The second-order valence-electron chi connectivity index (χ2n) is 8.58. The summed E-state index contributed by atoms with van der Waals surface area (Å²) in [5.41, 5.74) is 6.29. The van der Waals surface area contributed by atoms with Crippen molar-refractivity contribution in [1.82, 2.24) is 0 Å². The van der Waals surface area contributed by atoms with Gasteiger partial charge in [-0.05, 0) is 31.0 Å². The van der Waals surface area contributed by atoms with Gasteiger partial charge in [-0.25, -0.2) is 4.79 Å². The van der Waals surface area contributed by atoms with Crippen LogP contribution in [0.2, 0.25) is 5.02 Å². The fraction of sp³-hybridized carbons (Fsp3) is 0.222. The number of fused-ring (bicyclic) bond motifs is 3. The maximum atomic E-state index is 13.0. The molecule has 0 saturated carbocycles. The van der Waals surface area contributed by atoms with E-state index in [-0.39, 0.29) is 5.63 Å². The smallest absolute Gasteiger partial charge is 0.340 e. The number of hydrogen-bond donors (Lipinski definition) is 1. The lowest BCUT2D eigenvalue weighted by Gasteiger charge is -2.27. The number of halogens is 1. The molecule has 0 saturated heterocycles. The number of quaternary nitrogens is 1. The van der Waals surface area contributed by atoms with Gasteiger partial charge in [0, 0.05) is 22.9 Å². The van der Waals surface area contributed by atoms with E-state index in [4.69, 9.17) is 20.8 Å². The first kappa shape index (κ1) is 20.8. The first-order chi connectivity index (χ1) is 15.5. The van der Waals surface area contributed by atoms with Crippen molar-refractivity contribution in [2.24, 2.45) is 0 Å². The topological polar surface area (TPSA) is 43.9 Å². The fourth-order valence-corrected chi connectivity index (χ4v) is 4.72. The summed E-state index contributed by atoms with van der Waals surface area (Å²) in [5, 5.41) is 1.43. The van der Waals surface area contributed by atoms with Crippen LogP contribution in [0.3, 0.4) is 0 Å². The summed E-state index contributed by atoms with van der Waals surface area (Å²) < 4.78 is 12.0. The molecule has 1 aliphatic rings. The molecule has 1 aliphatic heterocycles. The molecule has 2 heterocycles. The van der Waals surface area contributed by atoms with Crippen molar-refractivity contribution in [2.75, 3.05) is 6.73 Å². The lowest BCUT2D eigenvalue weighted by Crippen LogP contribution is -3.10. The van der Waals surface area contributed by atoms with Crippen molar-refractivity contribution < 1.29 is 14.1 Å². The minimum Gasteiger partial charge on any atom is -0.443 e. The standard InChI is InChI=1S/C27H24ClNO3/c1-17-8-10-20(11-9-17)14-29-15-23-25-21(13-24(28)26(23)31-16-29)18(2)22(27(30)32-25)12-19-6-4-3-5-7-19/h3-11,13H,12,14-16H2,1-2H3/p+1. The molecule has 1 N–H and O–H groups in total. The van der Waals surface area contributed by atoms with Gasteiger partial charge in [0.1, 0.15) is 13.1 Å². The monoisotopic (exact) mass is 446 g/mol. The molecule has 3 aromatic carbocycles. The zero-order chi connectivity index (χ0) is 22.2. The summed E-state index contributed by atoms with van der Waals surface area (Å²) >= 11 is 6.62. The molecule has 0 fully saturated rings. The number of ether oxygens (including phenoxy) is 1. The number of benzene rings is 3. The molecule has 0 radical (unpaired) electrons. The average molecular weight is 447 g/mol. The van der Waals surface area contributed by atoms with E-state index < -0.39 is 0 Å². The Kier molecular flexibility index (Phi) is 5.50. The predicted octanol–water partition coefficient (Wildman–Crippen LogP) is 4.59. The SMILES string of the molecule is Cc1ccc(C[NH+]2COc3c(Cl)cc4c(C)c(Cc5ccccc5)c(=O)oc4c3C2)cc1. The molecule has 162 valence electrons. The molecule has 1 atom stereocenters. The highest BCUT2D eigenvalue weighted by atomic mass is 35.5. The maximum Gasteiger partial charge on any atom is 0.340 e. The summed E-state index contributed by atoms with van der Waals surface area (Å²) in [4.78, 5) is 14.2. The summed E-state index contributed by atoms with van der Waals surface area (Å²) in [5.74, 6) is 0.630. The van der Waals surface area contributed by atoms with Crippen molar-refractivity contribution in [3.8, 4) is 5.75 Å². The molecule has 1 unspecified atom stereocenters.